The summed E-state index contributed by atoms with van der Waals surface area (Å²) in [6.07, 6.45) is -0.125. The van der Waals surface area contributed by atoms with Crippen LogP contribution < -0.4 is 10.2 Å². The fourth-order valence-electron chi connectivity index (χ4n) is 3.74. The summed E-state index contributed by atoms with van der Waals surface area (Å²) in [5.74, 6) is -3.22. The normalized spacial score (nSPS) is 19.9. The minimum atomic E-state index is -4.11. The van der Waals surface area contributed by atoms with E-state index < -0.39 is 44.3 Å². The number of anilines is 2. The summed E-state index contributed by atoms with van der Waals surface area (Å²) in [4.78, 5) is 25.7. The molecule has 1 atom stereocenters. The fourth-order valence-corrected chi connectivity index (χ4v) is 5.23. The number of nitrogens with one attached hydrogen (secondary N) is 1. The summed E-state index contributed by atoms with van der Waals surface area (Å²) < 4.78 is 60.3. The molecule has 2 aliphatic heterocycles. The first-order valence-corrected chi connectivity index (χ1v) is 11.4. The first kappa shape index (κ1) is 22.3. The number of morpholine rings is 1. The van der Waals surface area contributed by atoms with Crippen LogP contribution in [0.5, 0.6) is 0 Å². The summed E-state index contributed by atoms with van der Waals surface area (Å²) in [7, 11) is -4.11. The Morgan fingerprint density at radius 1 is 1.06 bits per heavy atom. The molecule has 0 aromatic heterocycles. The molecule has 0 radical (unpaired) electrons. The van der Waals surface area contributed by atoms with Crippen LogP contribution in [-0.4, -0.2) is 57.4 Å². The molecule has 2 heterocycles. The van der Waals surface area contributed by atoms with E-state index in [0.29, 0.717) is 0 Å². The molecule has 1 N–H and O–H groups in total. The minimum Gasteiger partial charge on any atom is -0.379 e. The number of para-hydroxylation sites is 1. The van der Waals surface area contributed by atoms with Crippen LogP contribution in [0, 0.1) is 17.6 Å². The van der Waals surface area contributed by atoms with Crippen molar-refractivity contribution in [2.45, 2.75) is 11.3 Å². The number of ether oxygens (including phenoxy) is 1. The van der Waals surface area contributed by atoms with Crippen LogP contribution in [0.25, 0.3) is 0 Å². The monoisotopic (exact) mass is 465 g/mol. The molecule has 11 heteroatoms. The van der Waals surface area contributed by atoms with Gasteiger partial charge in [-0.25, -0.2) is 17.2 Å². The largest absolute Gasteiger partial charge is 0.379 e. The van der Waals surface area contributed by atoms with Gasteiger partial charge in [0.25, 0.3) is 0 Å². The van der Waals surface area contributed by atoms with Crippen molar-refractivity contribution in [1.82, 2.24) is 4.31 Å². The molecule has 0 bridgehead atoms. The number of nitrogens with zero attached hydrogens (tertiary/aromatic N) is 2. The minimum absolute atomic E-state index is 0.0221. The van der Waals surface area contributed by atoms with Gasteiger partial charge >= 0.3 is 0 Å². The van der Waals surface area contributed by atoms with Crippen molar-refractivity contribution >= 4 is 33.2 Å². The second-order valence-electron chi connectivity index (χ2n) is 7.51. The maximum Gasteiger partial charge on any atom is 0.246 e. The zero-order valence-corrected chi connectivity index (χ0v) is 17.8. The Balaban J connectivity index is 1.50. The number of carbonyl (C=O) groups excluding carboxylic acids is 2. The van der Waals surface area contributed by atoms with E-state index >= 15 is 0 Å². The number of rotatable bonds is 5. The second-order valence-corrected chi connectivity index (χ2v) is 9.41. The maximum absolute atomic E-state index is 14.3. The van der Waals surface area contributed by atoms with Crippen molar-refractivity contribution in [2.24, 2.45) is 5.92 Å². The lowest BCUT2D eigenvalue weighted by Gasteiger charge is -2.26. The molecule has 4 rings (SSSR count). The quantitative estimate of drug-likeness (QED) is 0.729. The van der Waals surface area contributed by atoms with Gasteiger partial charge in [-0.05, 0) is 30.3 Å². The molecule has 32 heavy (non-hydrogen) atoms. The smallest absolute Gasteiger partial charge is 0.246 e. The molecular weight excluding hydrogens is 444 g/mol. The van der Waals surface area contributed by atoms with Gasteiger partial charge in [0.15, 0.2) is 0 Å². The van der Waals surface area contributed by atoms with Crippen LogP contribution in [0.2, 0.25) is 0 Å². The van der Waals surface area contributed by atoms with Crippen LogP contribution in [0.1, 0.15) is 6.42 Å². The molecule has 0 aliphatic carbocycles. The van der Waals surface area contributed by atoms with E-state index in [4.69, 9.17) is 4.74 Å². The molecule has 170 valence electrons. The molecule has 8 nitrogen and oxygen atoms in total. The maximum atomic E-state index is 14.3. The van der Waals surface area contributed by atoms with E-state index in [2.05, 4.69) is 5.32 Å². The molecule has 2 fully saturated rings. The number of benzene rings is 2. The Hall–Kier alpha value is -2.89. The van der Waals surface area contributed by atoms with E-state index in [1.165, 1.54) is 29.2 Å². The van der Waals surface area contributed by atoms with Crippen LogP contribution in [0.15, 0.2) is 47.4 Å². The lowest BCUT2D eigenvalue weighted by Crippen LogP contribution is -2.41. The Morgan fingerprint density at radius 3 is 2.50 bits per heavy atom. The third kappa shape index (κ3) is 4.36. The number of hydrogen-bond donors (Lipinski definition) is 1. The van der Waals surface area contributed by atoms with Gasteiger partial charge in [0, 0.05) is 31.7 Å². The summed E-state index contributed by atoms with van der Waals surface area (Å²) in [5.41, 5.74) is 0.175. The molecule has 0 saturated carbocycles. The van der Waals surface area contributed by atoms with Crippen LogP contribution >= 0.6 is 0 Å². The number of amides is 2. The molecule has 2 amide bonds. The molecule has 2 aromatic carbocycles. The van der Waals surface area contributed by atoms with Gasteiger partial charge in [-0.2, -0.15) is 4.31 Å². The van der Waals surface area contributed by atoms with Crippen molar-refractivity contribution in [1.29, 1.82) is 0 Å². The highest BCUT2D eigenvalue weighted by Crippen LogP contribution is 2.29. The summed E-state index contributed by atoms with van der Waals surface area (Å²) in [6, 6.07) is 9.05. The summed E-state index contributed by atoms with van der Waals surface area (Å²) >= 11 is 0. The Labute approximate surface area is 183 Å². The molecule has 2 aliphatic rings. The number of hydrogen-bond acceptors (Lipinski definition) is 5. The lowest BCUT2D eigenvalue weighted by molar-refractivity contribution is -0.122. The number of carbonyl (C=O) groups is 2. The van der Waals surface area contributed by atoms with Gasteiger partial charge in [0.1, 0.15) is 16.5 Å². The summed E-state index contributed by atoms with van der Waals surface area (Å²) in [5, 5.41) is 2.55. The zero-order valence-electron chi connectivity index (χ0n) is 17.0. The highest BCUT2D eigenvalue weighted by Gasteiger charge is 2.36. The van der Waals surface area contributed by atoms with Gasteiger partial charge in [0.2, 0.25) is 21.8 Å². The van der Waals surface area contributed by atoms with E-state index in [9.17, 15) is 26.8 Å². The average molecular weight is 465 g/mol. The van der Waals surface area contributed by atoms with Crippen molar-refractivity contribution in [3.05, 3.63) is 54.1 Å². The van der Waals surface area contributed by atoms with Gasteiger partial charge in [-0.15, -0.1) is 0 Å². The highest BCUT2D eigenvalue weighted by molar-refractivity contribution is 7.89. The molecular formula is C21H21F2N3O5S. The van der Waals surface area contributed by atoms with Gasteiger partial charge in [-0.3, -0.25) is 9.59 Å². The standard InChI is InChI=1S/C21H21F2N3O5S/c22-16-3-1-2-4-18(16)26-13-14(11-20(26)27)21(28)24-15-5-6-17(23)19(12-15)32(29,30)25-7-9-31-10-8-25/h1-6,12,14H,7-11,13H2,(H,24,28). The topological polar surface area (TPSA) is 96.0 Å². The molecule has 2 saturated heterocycles. The van der Waals surface area contributed by atoms with Gasteiger partial charge in [0.05, 0.1) is 24.8 Å². The first-order chi connectivity index (χ1) is 15.3. The predicted molar refractivity (Wildman–Crippen MR) is 111 cm³/mol. The number of halogens is 2. The third-order valence-corrected chi connectivity index (χ3v) is 7.34. The zero-order chi connectivity index (χ0) is 22.9. The predicted octanol–water partition coefficient (Wildman–Crippen LogP) is 1.98. The number of sulfonamides is 1. The Kier molecular flexibility index (Phi) is 6.22. The second kappa shape index (κ2) is 8.93. The third-order valence-electron chi connectivity index (χ3n) is 5.43. The van der Waals surface area contributed by atoms with Crippen LogP contribution in [0.3, 0.4) is 0 Å². The van der Waals surface area contributed by atoms with Crippen molar-refractivity contribution in [3.8, 4) is 0 Å². The van der Waals surface area contributed by atoms with E-state index in [0.717, 1.165) is 16.4 Å². The van der Waals surface area contributed by atoms with E-state index in [1.54, 1.807) is 6.07 Å². The van der Waals surface area contributed by atoms with Crippen LogP contribution in [0.4, 0.5) is 20.2 Å². The Bertz CT molecular complexity index is 1150. The van der Waals surface area contributed by atoms with Gasteiger partial charge < -0.3 is 15.0 Å². The van der Waals surface area contributed by atoms with Crippen molar-refractivity contribution in [2.75, 3.05) is 43.1 Å². The van der Waals surface area contributed by atoms with Gasteiger partial charge in [-0.1, -0.05) is 12.1 Å². The van der Waals surface area contributed by atoms with Crippen molar-refractivity contribution < 1.29 is 31.5 Å². The average Bonchev–Trinajstić information content (AvgIpc) is 3.17. The molecule has 0 spiro atoms. The summed E-state index contributed by atoms with van der Waals surface area (Å²) in [6.45, 7) is 0.617. The SMILES string of the molecule is O=C(Nc1ccc(F)c(S(=O)(=O)N2CCOCC2)c1)C1CC(=O)N(c2ccccc2F)C1. The van der Waals surface area contributed by atoms with Crippen molar-refractivity contribution in [3.63, 3.8) is 0 Å². The fraction of sp³-hybridized carbons (Fsp3) is 0.333. The molecule has 1 unspecified atom stereocenters. The highest BCUT2D eigenvalue weighted by atomic mass is 32.2. The van der Waals surface area contributed by atoms with Crippen LogP contribution in [-0.2, 0) is 24.3 Å². The van der Waals surface area contributed by atoms with E-state index in [1.807, 2.05) is 0 Å². The van der Waals surface area contributed by atoms with E-state index in [-0.39, 0.29) is 50.6 Å². The Morgan fingerprint density at radius 2 is 1.78 bits per heavy atom. The first-order valence-electron chi connectivity index (χ1n) is 10.0. The lowest BCUT2D eigenvalue weighted by atomic mass is 10.1. The molecule has 2 aromatic rings.